The van der Waals surface area contributed by atoms with Gasteiger partial charge >= 0.3 is 0 Å². The maximum atomic E-state index is 11.6. The largest absolute Gasteiger partial charge is 0.497 e. The lowest BCUT2D eigenvalue weighted by molar-refractivity contribution is 0.0963. The van der Waals surface area contributed by atoms with Crippen LogP contribution in [0.15, 0.2) is 53.5 Å². The van der Waals surface area contributed by atoms with Gasteiger partial charge in [0.2, 0.25) is 0 Å². The molecule has 0 radical (unpaired) electrons. The zero-order chi connectivity index (χ0) is 19.6. The fourth-order valence-corrected chi connectivity index (χ4v) is 2.62. The second kappa shape index (κ2) is 12.2. The third kappa shape index (κ3) is 7.03. The number of nitrogens with zero attached hydrogens (tertiary/aromatic N) is 2. The monoisotopic (exact) mass is 496 g/mol. The minimum absolute atomic E-state index is 0. The highest BCUT2D eigenvalue weighted by atomic mass is 127. The van der Waals surface area contributed by atoms with Gasteiger partial charge < -0.3 is 20.3 Å². The van der Waals surface area contributed by atoms with Gasteiger partial charge in [-0.05, 0) is 42.3 Å². The number of hydrogen-bond donors (Lipinski definition) is 2. The molecule has 2 aromatic carbocycles. The van der Waals surface area contributed by atoms with Crippen LogP contribution in [0.4, 0.5) is 0 Å². The molecular weight excluding hydrogens is 467 g/mol. The number of benzene rings is 2. The summed E-state index contributed by atoms with van der Waals surface area (Å²) in [4.78, 5) is 18.4. The number of halogens is 1. The van der Waals surface area contributed by atoms with Gasteiger partial charge in [0.1, 0.15) is 5.75 Å². The van der Waals surface area contributed by atoms with E-state index in [9.17, 15) is 4.79 Å². The van der Waals surface area contributed by atoms with Crippen molar-refractivity contribution in [1.29, 1.82) is 0 Å². The number of carbonyl (C=O) groups is 1. The minimum atomic E-state index is -0.0855. The minimum Gasteiger partial charge on any atom is -0.497 e. The summed E-state index contributed by atoms with van der Waals surface area (Å²) in [6.07, 6.45) is 0. The molecule has 0 aromatic heterocycles. The van der Waals surface area contributed by atoms with E-state index in [1.807, 2.05) is 43.4 Å². The molecule has 0 aliphatic heterocycles. The van der Waals surface area contributed by atoms with E-state index in [-0.39, 0.29) is 29.9 Å². The van der Waals surface area contributed by atoms with Crippen LogP contribution in [0.5, 0.6) is 5.75 Å². The van der Waals surface area contributed by atoms with E-state index in [2.05, 4.69) is 34.6 Å². The molecule has 0 heterocycles. The van der Waals surface area contributed by atoms with Crippen LogP contribution in [0.1, 0.15) is 28.4 Å². The molecule has 2 rings (SSSR count). The topological polar surface area (TPSA) is 66.0 Å². The van der Waals surface area contributed by atoms with Crippen LogP contribution < -0.4 is 15.4 Å². The molecule has 2 N–H and O–H groups in total. The van der Waals surface area contributed by atoms with E-state index in [0.717, 1.165) is 30.4 Å². The van der Waals surface area contributed by atoms with Crippen molar-refractivity contribution in [2.45, 2.75) is 20.0 Å². The molecule has 7 heteroatoms. The Kier molecular flexibility index (Phi) is 10.4. The van der Waals surface area contributed by atoms with Gasteiger partial charge in [0.15, 0.2) is 5.96 Å². The highest BCUT2D eigenvalue weighted by Gasteiger charge is 2.07. The zero-order valence-electron chi connectivity index (χ0n) is 16.9. The summed E-state index contributed by atoms with van der Waals surface area (Å²) < 4.78 is 5.20. The molecule has 2 aromatic rings. The van der Waals surface area contributed by atoms with Crippen molar-refractivity contribution in [2.24, 2.45) is 4.99 Å². The van der Waals surface area contributed by atoms with Crippen LogP contribution in [0.3, 0.4) is 0 Å². The van der Waals surface area contributed by atoms with Crippen molar-refractivity contribution in [3.8, 4) is 5.75 Å². The third-order valence-electron chi connectivity index (χ3n) is 4.13. The lowest BCUT2D eigenvalue weighted by Crippen LogP contribution is -2.38. The SMILES string of the molecule is CCNC(=NCc1ccc(C(=O)NC)cc1)N(C)Cc1ccc(OC)cc1.I. The molecule has 6 nitrogen and oxygen atoms in total. The Labute approximate surface area is 184 Å². The normalized spacial score (nSPS) is 10.6. The Morgan fingerprint density at radius 1 is 1.07 bits per heavy atom. The summed E-state index contributed by atoms with van der Waals surface area (Å²) in [6, 6.07) is 15.5. The van der Waals surface area contributed by atoms with Crippen LogP contribution in [-0.2, 0) is 13.1 Å². The molecule has 0 unspecified atom stereocenters. The first-order chi connectivity index (χ1) is 13.1. The van der Waals surface area contributed by atoms with Gasteiger partial charge in [-0.25, -0.2) is 4.99 Å². The zero-order valence-corrected chi connectivity index (χ0v) is 19.2. The van der Waals surface area contributed by atoms with Crippen molar-refractivity contribution in [3.05, 3.63) is 65.2 Å². The number of hydrogen-bond acceptors (Lipinski definition) is 3. The van der Waals surface area contributed by atoms with E-state index in [4.69, 9.17) is 9.73 Å². The second-order valence-corrected chi connectivity index (χ2v) is 6.15. The number of rotatable bonds is 7. The molecule has 1 amide bonds. The number of amides is 1. The first-order valence-corrected chi connectivity index (χ1v) is 9.00. The standard InChI is InChI=1S/C21H28N4O2.HI/c1-5-23-21(25(3)15-17-8-12-19(27-4)13-9-17)24-14-16-6-10-18(11-7-16)20(26)22-2;/h6-13H,5,14-15H2,1-4H3,(H,22,26)(H,23,24);1H. The Hall–Kier alpha value is -2.29. The molecule has 0 atom stereocenters. The second-order valence-electron chi connectivity index (χ2n) is 6.15. The Morgan fingerprint density at radius 3 is 2.21 bits per heavy atom. The van der Waals surface area contributed by atoms with Gasteiger partial charge in [-0.15, -0.1) is 24.0 Å². The fourth-order valence-electron chi connectivity index (χ4n) is 2.62. The van der Waals surface area contributed by atoms with Crippen LogP contribution in [-0.4, -0.2) is 44.5 Å². The van der Waals surface area contributed by atoms with E-state index in [1.54, 1.807) is 14.2 Å². The van der Waals surface area contributed by atoms with Gasteiger partial charge in [-0.2, -0.15) is 0 Å². The quantitative estimate of drug-likeness (QED) is 0.351. The molecular formula is C21H29IN4O2. The number of guanidine groups is 1. The predicted octanol–water partition coefficient (Wildman–Crippen LogP) is 3.27. The van der Waals surface area contributed by atoms with Gasteiger partial charge in [0.05, 0.1) is 13.7 Å². The highest BCUT2D eigenvalue weighted by Crippen LogP contribution is 2.13. The molecule has 0 aliphatic carbocycles. The molecule has 0 spiro atoms. The number of methoxy groups -OCH3 is 1. The summed E-state index contributed by atoms with van der Waals surface area (Å²) in [7, 11) is 5.31. The molecule has 152 valence electrons. The van der Waals surface area contributed by atoms with Crippen molar-refractivity contribution in [1.82, 2.24) is 15.5 Å². The average molecular weight is 496 g/mol. The summed E-state index contributed by atoms with van der Waals surface area (Å²) >= 11 is 0. The van der Waals surface area contributed by atoms with Crippen molar-refractivity contribution < 1.29 is 9.53 Å². The maximum absolute atomic E-state index is 11.6. The van der Waals surface area contributed by atoms with Gasteiger partial charge in [-0.1, -0.05) is 24.3 Å². The molecule has 0 fully saturated rings. The number of ether oxygens (including phenoxy) is 1. The van der Waals surface area contributed by atoms with E-state index in [1.165, 1.54) is 5.56 Å². The smallest absolute Gasteiger partial charge is 0.251 e. The lowest BCUT2D eigenvalue weighted by atomic mass is 10.1. The first-order valence-electron chi connectivity index (χ1n) is 9.00. The van der Waals surface area contributed by atoms with Crippen LogP contribution in [0, 0.1) is 0 Å². The summed E-state index contributed by atoms with van der Waals surface area (Å²) in [5, 5.41) is 5.94. The first kappa shape index (κ1) is 23.7. The van der Waals surface area contributed by atoms with Crippen LogP contribution in [0.2, 0.25) is 0 Å². The van der Waals surface area contributed by atoms with Crippen LogP contribution in [0.25, 0.3) is 0 Å². The van der Waals surface area contributed by atoms with Gasteiger partial charge in [-0.3, -0.25) is 4.79 Å². The van der Waals surface area contributed by atoms with Crippen LogP contribution >= 0.6 is 24.0 Å². The Morgan fingerprint density at radius 2 is 1.68 bits per heavy atom. The maximum Gasteiger partial charge on any atom is 0.251 e. The molecule has 0 aliphatic rings. The molecule has 0 bridgehead atoms. The highest BCUT2D eigenvalue weighted by molar-refractivity contribution is 14.0. The predicted molar refractivity (Wildman–Crippen MR) is 125 cm³/mol. The number of carbonyl (C=O) groups excluding carboxylic acids is 1. The van der Waals surface area contributed by atoms with Crippen molar-refractivity contribution in [3.63, 3.8) is 0 Å². The average Bonchev–Trinajstić information content (AvgIpc) is 2.71. The van der Waals surface area contributed by atoms with Gasteiger partial charge in [0.25, 0.3) is 5.91 Å². The van der Waals surface area contributed by atoms with Crippen molar-refractivity contribution >= 4 is 35.8 Å². The summed E-state index contributed by atoms with van der Waals surface area (Å²) in [6.45, 7) is 4.13. The van der Waals surface area contributed by atoms with Crippen molar-refractivity contribution in [2.75, 3.05) is 27.7 Å². The van der Waals surface area contributed by atoms with Gasteiger partial charge in [0, 0.05) is 32.7 Å². The third-order valence-corrected chi connectivity index (χ3v) is 4.13. The number of nitrogens with one attached hydrogen (secondary N) is 2. The van der Waals surface area contributed by atoms with E-state index >= 15 is 0 Å². The summed E-state index contributed by atoms with van der Waals surface area (Å²) in [5.74, 6) is 1.60. The van der Waals surface area contributed by atoms with E-state index < -0.39 is 0 Å². The molecule has 0 saturated heterocycles. The Bertz CT molecular complexity index is 761. The molecule has 0 saturated carbocycles. The Balaban J connectivity index is 0.00000392. The lowest BCUT2D eigenvalue weighted by Gasteiger charge is -2.22. The molecule has 28 heavy (non-hydrogen) atoms. The fraction of sp³-hybridized carbons (Fsp3) is 0.333. The van der Waals surface area contributed by atoms with E-state index in [0.29, 0.717) is 12.1 Å². The summed E-state index contributed by atoms with van der Waals surface area (Å²) in [5.41, 5.74) is 2.88. The number of aliphatic imine (C=N–C) groups is 1.